The lowest BCUT2D eigenvalue weighted by molar-refractivity contribution is 0.661. The van der Waals surface area contributed by atoms with Crippen molar-refractivity contribution in [2.24, 2.45) is 0 Å². The van der Waals surface area contributed by atoms with Crippen LogP contribution in [-0.4, -0.2) is 0 Å². The van der Waals surface area contributed by atoms with E-state index in [0.29, 0.717) is 0 Å². The molecule has 0 spiro atoms. The first-order valence-electron chi connectivity index (χ1n) is 16.1. The van der Waals surface area contributed by atoms with Gasteiger partial charge in [-0.1, -0.05) is 129 Å². The van der Waals surface area contributed by atoms with Crippen LogP contribution in [0.1, 0.15) is 25.0 Å². The highest BCUT2D eigenvalue weighted by molar-refractivity contribution is 6.22. The molecule has 1 heteroatoms. The third-order valence-corrected chi connectivity index (χ3v) is 10.4. The highest BCUT2D eigenvalue weighted by atomic mass is 16.3. The minimum Gasteiger partial charge on any atom is -0.456 e. The van der Waals surface area contributed by atoms with Gasteiger partial charge in [-0.3, -0.25) is 0 Å². The molecule has 0 aliphatic heterocycles. The Morgan fingerprint density at radius 2 is 1.00 bits per heavy atom. The Labute approximate surface area is 267 Å². The second-order valence-corrected chi connectivity index (χ2v) is 13.2. The van der Waals surface area contributed by atoms with E-state index in [0.717, 1.165) is 11.2 Å². The van der Waals surface area contributed by atoms with E-state index in [1.807, 2.05) is 6.07 Å². The van der Waals surface area contributed by atoms with Crippen molar-refractivity contribution >= 4 is 54.3 Å². The first kappa shape index (κ1) is 25.6. The highest BCUT2D eigenvalue weighted by Gasteiger charge is 2.36. The van der Waals surface area contributed by atoms with Crippen LogP contribution in [0.5, 0.6) is 0 Å². The topological polar surface area (TPSA) is 13.1 Å². The van der Waals surface area contributed by atoms with Crippen LogP contribution in [0.15, 0.2) is 150 Å². The van der Waals surface area contributed by atoms with Gasteiger partial charge in [0.2, 0.25) is 0 Å². The Morgan fingerprint density at radius 3 is 1.70 bits per heavy atom. The smallest absolute Gasteiger partial charge is 0.136 e. The summed E-state index contributed by atoms with van der Waals surface area (Å²) >= 11 is 0. The van der Waals surface area contributed by atoms with Crippen molar-refractivity contribution in [3.8, 4) is 33.4 Å². The molecule has 10 rings (SSSR count). The third-order valence-electron chi connectivity index (χ3n) is 10.4. The van der Waals surface area contributed by atoms with Crippen LogP contribution in [0.2, 0.25) is 0 Å². The van der Waals surface area contributed by atoms with Gasteiger partial charge < -0.3 is 4.42 Å². The molecular formula is C45H30O. The van der Waals surface area contributed by atoms with E-state index >= 15 is 0 Å². The van der Waals surface area contributed by atoms with Gasteiger partial charge in [-0.05, 0) is 107 Å². The van der Waals surface area contributed by atoms with Crippen molar-refractivity contribution in [2.45, 2.75) is 19.3 Å². The normalized spacial score (nSPS) is 13.6. The van der Waals surface area contributed by atoms with Gasteiger partial charge in [0.15, 0.2) is 0 Å². The highest BCUT2D eigenvalue weighted by Crippen LogP contribution is 2.53. The number of rotatable bonds is 2. The Hall–Kier alpha value is -5.66. The largest absolute Gasteiger partial charge is 0.456 e. The summed E-state index contributed by atoms with van der Waals surface area (Å²) in [6.45, 7) is 4.74. The minimum absolute atomic E-state index is 0.105. The molecule has 216 valence electrons. The van der Waals surface area contributed by atoms with E-state index in [1.54, 1.807) is 0 Å². The van der Waals surface area contributed by atoms with Crippen LogP contribution < -0.4 is 0 Å². The molecule has 0 fully saturated rings. The molecule has 1 aliphatic rings. The summed E-state index contributed by atoms with van der Waals surface area (Å²) in [5.74, 6) is 0. The second-order valence-electron chi connectivity index (χ2n) is 13.2. The van der Waals surface area contributed by atoms with Crippen LogP contribution in [0, 0.1) is 0 Å². The maximum atomic E-state index is 6.29. The molecule has 0 atom stereocenters. The third kappa shape index (κ3) is 3.40. The maximum Gasteiger partial charge on any atom is 0.136 e. The molecule has 1 nitrogen and oxygen atoms in total. The zero-order chi connectivity index (χ0) is 30.6. The standard InChI is InChI=1S/C45H30O/c1-45(2)38-22-20-29(43-32-16-8-6-14-30(32)42(27-12-4-3-5-13-27)31-15-7-9-17-33(31)43)24-36(38)37-26-35-28(25-39(37)45)21-23-41-44(35)34-18-10-11-19-40(34)46-41/h3-26H,1-2H3. The number of benzene rings is 8. The lowest BCUT2D eigenvalue weighted by atomic mass is 9.81. The van der Waals surface area contributed by atoms with Gasteiger partial charge in [-0.25, -0.2) is 0 Å². The van der Waals surface area contributed by atoms with Gasteiger partial charge in [-0.15, -0.1) is 0 Å². The lowest BCUT2D eigenvalue weighted by Gasteiger charge is -2.22. The van der Waals surface area contributed by atoms with Crippen LogP contribution >= 0.6 is 0 Å². The first-order valence-corrected chi connectivity index (χ1v) is 16.1. The zero-order valence-corrected chi connectivity index (χ0v) is 25.8. The molecule has 0 saturated carbocycles. The van der Waals surface area contributed by atoms with Gasteiger partial charge >= 0.3 is 0 Å². The summed E-state index contributed by atoms with van der Waals surface area (Å²) in [6.07, 6.45) is 0. The van der Waals surface area contributed by atoms with Crippen LogP contribution in [0.4, 0.5) is 0 Å². The molecule has 0 radical (unpaired) electrons. The molecular weight excluding hydrogens is 556 g/mol. The van der Waals surface area contributed by atoms with E-state index in [9.17, 15) is 0 Å². The number of hydrogen-bond acceptors (Lipinski definition) is 1. The Bertz CT molecular complexity index is 2650. The van der Waals surface area contributed by atoms with E-state index in [-0.39, 0.29) is 5.41 Å². The average Bonchev–Trinajstić information content (AvgIpc) is 3.58. The summed E-state index contributed by atoms with van der Waals surface area (Å²) < 4.78 is 6.29. The molecule has 0 N–H and O–H groups in total. The monoisotopic (exact) mass is 586 g/mol. The number of fused-ring (bicyclic) bond motifs is 10. The molecule has 0 bridgehead atoms. The summed E-state index contributed by atoms with van der Waals surface area (Å²) in [6, 6.07) is 53.5. The number of hydrogen-bond donors (Lipinski definition) is 0. The van der Waals surface area contributed by atoms with Crippen molar-refractivity contribution in [1.82, 2.24) is 0 Å². The van der Waals surface area contributed by atoms with Gasteiger partial charge in [-0.2, -0.15) is 0 Å². The maximum absolute atomic E-state index is 6.29. The van der Waals surface area contributed by atoms with Crippen LogP contribution in [0.25, 0.3) is 87.6 Å². The summed E-state index contributed by atoms with van der Waals surface area (Å²) in [4.78, 5) is 0. The SMILES string of the molecule is CC1(C)c2ccc(-c3c4ccccc4c(-c4ccccc4)c4ccccc34)cc2-c2cc3c(ccc4oc5ccccc5c43)cc21. The molecule has 8 aromatic carbocycles. The molecule has 0 amide bonds. The summed E-state index contributed by atoms with van der Waals surface area (Å²) in [5, 5.41) is 10.0. The fourth-order valence-corrected chi connectivity index (χ4v) is 8.30. The van der Waals surface area contributed by atoms with Gasteiger partial charge in [0, 0.05) is 16.2 Å². The molecule has 0 saturated heterocycles. The Morgan fingerprint density at radius 1 is 0.413 bits per heavy atom. The van der Waals surface area contributed by atoms with Crippen molar-refractivity contribution in [3.05, 3.63) is 157 Å². The fraction of sp³-hybridized carbons (Fsp3) is 0.0667. The molecule has 0 unspecified atom stereocenters. The van der Waals surface area contributed by atoms with Gasteiger partial charge in [0.25, 0.3) is 0 Å². The lowest BCUT2D eigenvalue weighted by Crippen LogP contribution is -2.14. The molecule has 46 heavy (non-hydrogen) atoms. The predicted octanol–water partition coefficient (Wildman–Crippen LogP) is 12.7. The Balaban J connectivity index is 1.27. The van der Waals surface area contributed by atoms with E-state index in [4.69, 9.17) is 4.42 Å². The molecule has 1 heterocycles. The summed E-state index contributed by atoms with van der Waals surface area (Å²) in [5.41, 5.74) is 12.3. The predicted molar refractivity (Wildman–Crippen MR) is 195 cm³/mol. The molecule has 9 aromatic rings. The number of furan rings is 1. The molecule has 1 aromatic heterocycles. The fourth-order valence-electron chi connectivity index (χ4n) is 8.30. The average molecular weight is 587 g/mol. The van der Waals surface area contributed by atoms with E-state index < -0.39 is 0 Å². The van der Waals surface area contributed by atoms with Crippen LogP contribution in [-0.2, 0) is 5.41 Å². The number of para-hydroxylation sites is 1. The first-order chi connectivity index (χ1) is 22.6. The quantitative estimate of drug-likeness (QED) is 0.184. The van der Waals surface area contributed by atoms with Crippen molar-refractivity contribution in [2.75, 3.05) is 0 Å². The molecule has 1 aliphatic carbocycles. The van der Waals surface area contributed by atoms with Crippen LogP contribution in [0.3, 0.4) is 0 Å². The van der Waals surface area contributed by atoms with E-state index in [2.05, 4.69) is 153 Å². The Kier molecular flexibility index (Phi) is 5.12. The second kappa shape index (κ2) is 9.19. The summed E-state index contributed by atoms with van der Waals surface area (Å²) in [7, 11) is 0. The van der Waals surface area contributed by atoms with Gasteiger partial charge in [0.05, 0.1) is 0 Å². The van der Waals surface area contributed by atoms with Crippen molar-refractivity contribution < 1.29 is 4.42 Å². The van der Waals surface area contributed by atoms with Crippen molar-refractivity contribution in [1.29, 1.82) is 0 Å². The van der Waals surface area contributed by atoms with Crippen molar-refractivity contribution in [3.63, 3.8) is 0 Å². The van der Waals surface area contributed by atoms with E-state index in [1.165, 1.54) is 87.6 Å². The van der Waals surface area contributed by atoms with Gasteiger partial charge in [0.1, 0.15) is 11.2 Å². The zero-order valence-electron chi connectivity index (χ0n) is 25.8. The minimum atomic E-state index is -0.105.